The van der Waals surface area contributed by atoms with E-state index in [2.05, 4.69) is 41.1 Å². The summed E-state index contributed by atoms with van der Waals surface area (Å²) in [7, 11) is 0. The maximum Gasteiger partial charge on any atom is 0.123 e. The minimum Gasteiger partial charge on any atom is -0.298 e. The van der Waals surface area contributed by atoms with Gasteiger partial charge in [0, 0.05) is 29.7 Å². The zero-order chi connectivity index (χ0) is 12.4. The smallest absolute Gasteiger partial charge is 0.123 e. The van der Waals surface area contributed by atoms with Crippen molar-refractivity contribution in [2.24, 2.45) is 5.92 Å². The first-order valence-electron chi connectivity index (χ1n) is 6.54. The molecule has 3 heteroatoms. The molecule has 1 aliphatic rings. The second-order valence-electron chi connectivity index (χ2n) is 5.13. The van der Waals surface area contributed by atoms with Crippen LogP contribution in [-0.4, -0.2) is 23.0 Å². The van der Waals surface area contributed by atoms with Crippen molar-refractivity contribution in [3.63, 3.8) is 0 Å². The summed E-state index contributed by atoms with van der Waals surface area (Å²) in [5, 5.41) is 1.14. The molecule has 0 saturated carbocycles. The minimum absolute atomic E-state index is 0.853. The highest BCUT2D eigenvalue weighted by atomic mass is 32.1. The number of rotatable bonds is 3. The van der Waals surface area contributed by atoms with Gasteiger partial charge in [-0.3, -0.25) is 4.90 Å². The van der Waals surface area contributed by atoms with Gasteiger partial charge in [-0.05, 0) is 18.9 Å². The van der Waals surface area contributed by atoms with Gasteiger partial charge in [0.15, 0.2) is 0 Å². The molecule has 1 unspecified atom stereocenters. The van der Waals surface area contributed by atoms with Gasteiger partial charge >= 0.3 is 0 Å². The summed E-state index contributed by atoms with van der Waals surface area (Å²) < 4.78 is 0. The fraction of sp³-hybridized carbons (Fsp3) is 0.400. The predicted molar refractivity (Wildman–Crippen MR) is 76.6 cm³/mol. The zero-order valence-electron chi connectivity index (χ0n) is 10.7. The number of hydrogen-bond donors (Lipinski definition) is 0. The van der Waals surface area contributed by atoms with Crippen LogP contribution in [-0.2, 0) is 6.54 Å². The highest BCUT2D eigenvalue weighted by Gasteiger charge is 2.19. The van der Waals surface area contributed by atoms with Crippen molar-refractivity contribution in [2.75, 3.05) is 13.1 Å². The van der Waals surface area contributed by atoms with Crippen LogP contribution < -0.4 is 0 Å². The summed E-state index contributed by atoms with van der Waals surface area (Å²) in [4.78, 5) is 8.45. The van der Waals surface area contributed by atoms with Crippen LogP contribution in [0.25, 0.3) is 10.6 Å². The van der Waals surface area contributed by atoms with Crippen molar-refractivity contribution in [2.45, 2.75) is 19.9 Å². The van der Waals surface area contributed by atoms with Crippen molar-refractivity contribution in [3.05, 3.63) is 41.4 Å². The largest absolute Gasteiger partial charge is 0.298 e. The van der Waals surface area contributed by atoms with Gasteiger partial charge in [-0.1, -0.05) is 37.3 Å². The Morgan fingerprint density at radius 2 is 2.17 bits per heavy atom. The third-order valence-electron chi connectivity index (χ3n) is 3.46. The third-order valence-corrected chi connectivity index (χ3v) is 4.49. The molecule has 2 nitrogen and oxygen atoms in total. The molecule has 2 heterocycles. The standard InChI is InChI=1S/C15H18N2S/c1-12-7-8-17(10-12)11-14-9-16-15(18-14)13-5-3-2-4-6-13/h2-6,9,12H,7-8,10-11H2,1H3. The van der Waals surface area contributed by atoms with Crippen LogP contribution in [0.3, 0.4) is 0 Å². The summed E-state index contributed by atoms with van der Waals surface area (Å²) in [6.45, 7) is 5.87. The van der Waals surface area contributed by atoms with Crippen LogP contribution in [0.4, 0.5) is 0 Å². The predicted octanol–water partition coefficient (Wildman–Crippen LogP) is 3.65. The highest BCUT2D eigenvalue weighted by Crippen LogP contribution is 2.27. The van der Waals surface area contributed by atoms with E-state index >= 15 is 0 Å². The van der Waals surface area contributed by atoms with E-state index in [1.54, 1.807) is 0 Å². The van der Waals surface area contributed by atoms with E-state index in [9.17, 15) is 0 Å². The second-order valence-corrected chi connectivity index (χ2v) is 6.24. The Hall–Kier alpha value is -1.19. The Labute approximate surface area is 112 Å². The molecule has 0 radical (unpaired) electrons. The molecule has 0 N–H and O–H groups in total. The molecule has 1 aliphatic heterocycles. The van der Waals surface area contributed by atoms with E-state index in [1.807, 2.05) is 23.6 Å². The van der Waals surface area contributed by atoms with E-state index in [4.69, 9.17) is 0 Å². The zero-order valence-corrected chi connectivity index (χ0v) is 11.5. The maximum atomic E-state index is 4.54. The first-order chi connectivity index (χ1) is 8.81. The number of hydrogen-bond acceptors (Lipinski definition) is 3. The number of likely N-dealkylation sites (tertiary alicyclic amines) is 1. The molecule has 0 spiro atoms. The van der Waals surface area contributed by atoms with Gasteiger partial charge in [0.1, 0.15) is 5.01 Å². The molecule has 18 heavy (non-hydrogen) atoms. The number of aromatic nitrogens is 1. The van der Waals surface area contributed by atoms with Crippen LogP contribution in [0, 0.1) is 5.92 Å². The first-order valence-corrected chi connectivity index (χ1v) is 7.35. The van der Waals surface area contributed by atoms with Gasteiger partial charge in [0.25, 0.3) is 0 Å². The lowest BCUT2D eigenvalue weighted by molar-refractivity contribution is 0.323. The normalized spacial score (nSPS) is 20.4. The summed E-state index contributed by atoms with van der Waals surface area (Å²) in [6.07, 6.45) is 3.38. The van der Waals surface area contributed by atoms with E-state index < -0.39 is 0 Å². The molecule has 94 valence electrons. The van der Waals surface area contributed by atoms with Crippen molar-refractivity contribution >= 4 is 11.3 Å². The lowest BCUT2D eigenvalue weighted by Crippen LogP contribution is -2.18. The summed E-state index contributed by atoms with van der Waals surface area (Å²) >= 11 is 1.82. The Bertz CT molecular complexity index is 506. The molecule has 2 aromatic rings. The van der Waals surface area contributed by atoms with Crippen LogP contribution in [0.1, 0.15) is 18.2 Å². The molecule has 3 rings (SSSR count). The van der Waals surface area contributed by atoms with E-state index in [0.29, 0.717) is 0 Å². The van der Waals surface area contributed by atoms with Gasteiger partial charge in [-0.15, -0.1) is 11.3 Å². The molecule has 1 aromatic carbocycles. The molecule has 1 aromatic heterocycles. The van der Waals surface area contributed by atoms with E-state index in [0.717, 1.165) is 17.5 Å². The molecule has 0 amide bonds. The monoisotopic (exact) mass is 258 g/mol. The summed E-state index contributed by atoms with van der Waals surface area (Å²) in [5.41, 5.74) is 1.23. The average Bonchev–Trinajstić information content (AvgIpc) is 3.01. The second kappa shape index (κ2) is 5.21. The summed E-state index contributed by atoms with van der Waals surface area (Å²) in [6, 6.07) is 10.4. The Balaban J connectivity index is 1.70. The van der Waals surface area contributed by atoms with Gasteiger partial charge in [0.2, 0.25) is 0 Å². The third kappa shape index (κ3) is 2.62. The van der Waals surface area contributed by atoms with E-state index in [1.165, 1.54) is 30.0 Å². The van der Waals surface area contributed by atoms with Crippen LogP contribution in [0.5, 0.6) is 0 Å². The van der Waals surface area contributed by atoms with Crippen molar-refractivity contribution in [1.82, 2.24) is 9.88 Å². The van der Waals surface area contributed by atoms with Gasteiger partial charge in [-0.2, -0.15) is 0 Å². The van der Waals surface area contributed by atoms with Crippen LogP contribution in [0.2, 0.25) is 0 Å². The number of nitrogens with zero attached hydrogens (tertiary/aromatic N) is 2. The fourth-order valence-corrected chi connectivity index (χ4v) is 3.45. The molecular formula is C15H18N2S. The average molecular weight is 258 g/mol. The lowest BCUT2D eigenvalue weighted by atomic mass is 10.2. The Kier molecular flexibility index (Phi) is 3.43. The Morgan fingerprint density at radius 3 is 2.89 bits per heavy atom. The van der Waals surface area contributed by atoms with Crippen LogP contribution >= 0.6 is 11.3 Å². The number of benzene rings is 1. The van der Waals surface area contributed by atoms with E-state index in [-0.39, 0.29) is 0 Å². The quantitative estimate of drug-likeness (QED) is 0.835. The molecule has 1 atom stereocenters. The molecule has 0 aliphatic carbocycles. The maximum absolute atomic E-state index is 4.54. The number of thiazole rings is 1. The lowest BCUT2D eigenvalue weighted by Gasteiger charge is -2.12. The Morgan fingerprint density at radius 1 is 1.33 bits per heavy atom. The molecule has 0 bridgehead atoms. The minimum atomic E-state index is 0.853. The van der Waals surface area contributed by atoms with Gasteiger partial charge in [-0.25, -0.2) is 4.98 Å². The van der Waals surface area contributed by atoms with Crippen molar-refractivity contribution in [1.29, 1.82) is 0 Å². The van der Waals surface area contributed by atoms with Crippen molar-refractivity contribution < 1.29 is 0 Å². The molecular weight excluding hydrogens is 240 g/mol. The topological polar surface area (TPSA) is 16.1 Å². The summed E-state index contributed by atoms with van der Waals surface area (Å²) in [5.74, 6) is 0.853. The fourth-order valence-electron chi connectivity index (χ4n) is 2.49. The highest BCUT2D eigenvalue weighted by molar-refractivity contribution is 7.15. The molecule has 1 fully saturated rings. The van der Waals surface area contributed by atoms with Crippen LogP contribution in [0.15, 0.2) is 36.5 Å². The van der Waals surface area contributed by atoms with Gasteiger partial charge in [0.05, 0.1) is 0 Å². The van der Waals surface area contributed by atoms with Crippen molar-refractivity contribution in [3.8, 4) is 10.6 Å². The van der Waals surface area contributed by atoms with Gasteiger partial charge < -0.3 is 0 Å². The SMILES string of the molecule is CC1CCN(Cc2cnc(-c3ccccc3)s2)C1. The first kappa shape index (κ1) is 11.9. The molecule has 1 saturated heterocycles.